The van der Waals surface area contributed by atoms with Crippen molar-refractivity contribution in [2.45, 2.75) is 4.33 Å². The molecule has 116 valence electrons. The monoisotopic (exact) mass is 386 g/mol. The predicted octanol–water partition coefficient (Wildman–Crippen LogP) is 5.61. The highest BCUT2D eigenvalue weighted by atomic mass is 35.5. The van der Waals surface area contributed by atoms with Crippen molar-refractivity contribution in [3.05, 3.63) is 57.6 Å². The molecular weight excluding hydrogens is 382 g/mol. The molecule has 0 amide bonds. The first-order valence-corrected chi connectivity index (χ1v) is 7.55. The van der Waals surface area contributed by atoms with Crippen molar-refractivity contribution in [3.63, 3.8) is 0 Å². The Labute approximate surface area is 151 Å². The van der Waals surface area contributed by atoms with E-state index in [1.54, 1.807) is 12.1 Å². The second-order valence-corrected chi connectivity index (χ2v) is 6.45. The van der Waals surface area contributed by atoms with Gasteiger partial charge in [0.15, 0.2) is 4.33 Å². The minimum absolute atomic E-state index is 0.199. The van der Waals surface area contributed by atoms with Crippen LogP contribution < -0.4 is 0 Å². The number of hydrogen-bond donors (Lipinski definition) is 0. The Morgan fingerprint density at radius 2 is 1.17 bits per heavy atom. The number of isocyanates is 2. The van der Waals surface area contributed by atoms with Gasteiger partial charge in [0, 0.05) is 0 Å². The maximum atomic E-state index is 10.3. The lowest BCUT2D eigenvalue weighted by molar-refractivity contribution is 0.564. The van der Waals surface area contributed by atoms with Gasteiger partial charge in [-0.05, 0) is 35.4 Å². The van der Waals surface area contributed by atoms with Crippen molar-refractivity contribution in [2.24, 2.45) is 9.98 Å². The van der Waals surface area contributed by atoms with Crippen LogP contribution in [0, 0.1) is 0 Å². The summed E-state index contributed by atoms with van der Waals surface area (Å²) in [6.45, 7) is 0. The zero-order valence-corrected chi connectivity index (χ0v) is 14.2. The molecule has 0 radical (unpaired) electrons. The summed E-state index contributed by atoms with van der Waals surface area (Å²) < 4.78 is -1.46. The van der Waals surface area contributed by atoms with E-state index < -0.39 is 4.33 Å². The van der Waals surface area contributed by atoms with Crippen LogP contribution in [0.25, 0.3) is 0 Å². The largest absolute Gasteiger partial charge is 0.240 e. The summed E-state index contributed by atoms with van der Waals surface area (Å²) >= 11 is 24.9. The van der Waals surface area contributed by atoms with Gasteiger partial charge in [-0.25, -0.2) is 9.59 Å². The van der Waals surface area contributed by atoms with E-state index in [-0.39, 0.29) is 21.4 Å². The fourth-order valence-corrected chi connectivity index (χ4v) is 2.77. The molecule has 0 saturated heterocycles. The number of nitrogens with zero attached hydrogens (tertiary/aromatic N) is 2. The van der Waals surface area contributed by atoms with Crippen molar-refractivity contribution in [1.29, 1.82) is 0 Å². The van der Waals surface area contributed by atoms with Crippen molar-refractivity contribution >= 4 is 69.9 Å². The van der Waals surface area contributed by atoms with Gasteiger partial charge in [0.25, 0.3) is 0 Å². The summed E-state index contributed by atoms with van der Waals surface area (Å²) in [4.78, 5) is 27.5. The van der Waals surface area contributed by atoms with Crippen LogP contribution in [0.1, 0.15) is 11.1 Å². The molecule has 23 heavy (non-hydrogen) atoms. The van der Waals surface area contributed by atoms with Gasteiger partial charge in [-0.1, -0.05) is 58.5 Å². The minimum atomic E-state index is -1.46. The topological polar surface area (TPSA) is 58.9 Å². The van der Waals surface area contributed by atoms with Gasteiger partial charge in [-0.15, -0.1) is 0 Å². The van der Waals surface area contributed by atoms with Crippen LogP contribution in [-0.4, -0.2) is 12.2 Å². The average molecular weight is 388 g/mol. The Morgan fingerprint density at radius 1 is 0.783 bits per heavy atom. The fourth-order valence-electron chi connectivity index (χ4n) is 1.85. The standard InChI is InChI=1S/C15H6Cl4N2O2/c16-11-5-9(1-3-13(11)20-7-22)15(18,19)10-2-4-14(21-8-23)12(17)6-10/h1-6H. The Balaban J connectivity index is 2.49. The summed E-state index contributed by atoms with van der Waals surface area (Å²) in [5.41, 5.74) is 1.42. The number of halogens is 4. The Kier molecular flexibility index (Phi) is 5.61. The summed E-state index contributed by atoms with van der Waals surface area (Å²) in [6, 6.07) is 9.12. The zero-order chi connectivity index (χ0) is 17.0. The van der Waals surface area contributed by atoms with Gasteiger partial charge in [0.05, 0.1) is 21.4 Å². The number of rotatable bonds is 4. The zero-order valence-electron chi connectivity index (χ0n) is 11.2. The van der Waals surface area contributed by atoms with E-state index in [4.69, 9.17) is 46.4 Å². The molecule has 0 heterocycles. The van der Waals surface area contributed by atoms with Crippen LogP contribution in [0.3, 0.4) is 0 Å². The number of carbonyl (C=O) groups excluding carboxylic acids is 2. The molecule has 4 nitrogen and oxygen atoms in total. The van der Waals surface area contributed by atoms with E-state index in [0.29, 0.717) is 11.1 Å². The Bertz CT molecular complexity index is 785. The molecule has 8 heteroatoms. The first-order chi connectivity index (χ1) is 10.9. The predicted molar refractivity (Wildman–Crippen MR) is 91.0 cm³/mol. The summed E-state index contributed by atoms with van der Waals surface area (Å²) in [5.74, 6) is 0. The van der Waals surface area contributed by atoms with E-state index in [0.717, 1.165) is 0 Å². The van der Waals surface area contributed by atoms with Gasteiger partial charge < -0.3 is 0 Å². The molecule has 2 aromatic carbocycles. The van der Waals surface area contributed by atoms with Crippen LogP contribution in [0.15, 0.2) is 46.4 Å². The van der Waals surface area contributed by atoms with E-state index in [2.05, 4.69) is 9.98 Å². The molecule has 0 aliphatic carbocycles. The van der Waals surface area contributed by atoms with Gasteiger partial charge in [-0.3, -0.25) is 0 Å². The smallest absolute Gasteiger partial charge is 0.211 e. The molecule has 2 rings (SSSR count). The second-order valence-electron chi connectivity index (χ2n) is 4.31. The molecule has 0 fully saturated rings. The van der Waals surface area contributed by atoms with Crippen LogP contribution in [-0.2, 0) is 13.9 Å². The summed E-state index contributed by atoms with van der Waals surface area (Å²) in [6.07, 6.45) is 2.81. The van der Waals surface area contributed by atoms with Gasteiger partial charge in [0.1, 0.15) is 0 Å². The van der Waals surface area contributed by atoms with Gasteiger partial charge in [0.2, 0.25) is 12.2 Å². The maximum Gasteiger partial charge on any atom is 0.240 e. The number of hydrogen-bond acceptors (Lipinski definition) is 4. The Morgan fingerprint density at radius 3 is 1.48 bits per heavy atom. The normalized spacial score (nSPS) is 10.6. The van der Waals surface area contributed by atoms with E-state index in [1.165, 1.54) is 36.4 Å². The molecular formula is C15H6Cl4N2O2. The van der Waals surface area contributed by atoms with Crippen LogP contribution in [0.4, 0.5) is 11.4 Å². The first-order valence-electron chi connectivity index (χ1n) is 6.03. The molecule has 0 aliphatic heterocycles. The average Bonchev–Trinajstić information content (AvgIpc) is 2.51. The van der Waals surface area contributed by atoms with Crippen LogP contribution in [0.5, 0.6) is 0 Å². The highest BCUT2D eigenvalue weighted by molar-refractivity contribution is 6.50. The third-order valence-corrected chi connectivity index (χ3v) is 4.43. The van der Waals surface area contributed by atoms with E-state index in [9.17, 15) is 9.59 Å². The summed E-state index contributed by atoms with van der Waals surface area (Å²) in [7, 11) is 0. The van der Waals surface area contributed by atoms with E-state index in [1.807, 2.05) is 0 Å². The van der Waals surface area contributed by atoms with Crippen molar-refractivity contribution in [3.8, 4) is 0 Å². The van der Waals surface area contributed by atoms with Crippen LogP contribution >= 0.6 is 46.4 Å². The third kappa shape index (κ3) is 3.82. The molecule has 0 atom stereocenters. The molecule has 0 unspecified atom stereocenters. The summed E-state index contributed by atoms with van der Waals surface area (Å²) in [5, 5.41) is 0.398. The lowest BCUT2D eigenvalue weighted by Gasteiger charge is -2.21. The highest BCUT2D eigenvalue weighted by Gasteiger charge is 2.30. The van der Waals surface area contributed by atoms with Gasteiger partial charge in [-0.2, -0.15) is 9.98 Å². The molecule has 0 N–H and O–H groups in total. The van der Waals surface area contributed by atoms with Crippen molar-refractivity contribution in [1.82, 2.24) is 0 Å². The number of benzene rings is 2. The molecule has 0 bridgehead atoms. The van der Waals surface area contributed by atoms with Crippen LogP contribution in [0.2, 0.25) is 10.0 Å². The Hall–Kier alpha value is -1.64. The van der Waals surface area contributed by atoms with Gasteiger partial charge >= 0.3 is 0 Å². The number of alkyl halides is 2. The fraction of sp³-hybridized carbons (Fsp3) is 0.0667. The lowest BCUT2D eigenvalue weighted by atomic mass is 10.0. The minimum Gasteiger partial charge on any atom is -0.211 e. The van der Waals surface area contributed by atoms with Crippen molar-refractivity contribution < 1.29 is 9.59 Å². The quantitative estimate of drug-likeness (QED) is 0.389. The lowest BCUT2D eigenvalue weighted by Crippen LogP contribution is -2.12. The molecule has 0 spiro atoms. The van der Waals surface area contributed by atoms with Crippen molar-refractivity contribution in [2.75, 3.05) is 0 Å². The van der Waals surface area contributed by atoms with E-state index >= 15 is 0 Å². The third-order valence-electron chi connectivity index (χ3n) is 2.95. The highest BCUT2D eigenvalue weighted by Crippen LogP contribution is 2.44. The maximum absolute atomic E-state index is 10.3. The molecule has 2 aromatic rings. The molecule has 0 saturated carbocycles. The molecule has 0 aromatic heterocycles. The number of aliphatic imine (C=N–C) groups is 2. The SMILES string of the molecule is O=C=Nc1ccc(C(Cl)(Cl)c2ccc(N=C=O)c(Cl)c2)cc1Cl. The molecule has 0 aliphatic rings. The second kappa shape index (κ2) is 7.29. The first kappa shape index (κ1) is 17.7.